The minimum absolute atomic E-state index is 0.500. The fourth-order valence-electron chi connectivity index (χ4n) is 5.58. The molecule has 0 aliphatic rings. The molecule has 0 unspecified atom stereocenters. The second-order valence-corrected chi connectivity index (χ2v) is 9.70. The molecule has 0 aliphatic carbocycles. The molecule has 2 heterocycles. The summed E-state index contributed by atoms with van der Waals surface area (Å²) in [5, 5.41) is 15.6. The average molecular weight is 500 g/mol. The predicted molar refractivity (Wildman–Crippen MR) is 158 cm³/mol. The van der Waals surface area contributed by atoms with E-state index < -0.39 is 0 Å². The van der Waals surface area contributed by atoms with Gasteiger partial charge in [0.1, 0.15) is 0 Å². The number of fused-ring (bicyclic) bond motifs is 5. The first kappa shape index (κ1) is 21.7. The van der Waals surface area contributed by atoms with Crippen LogP contribution in [-0.2, 0) is 0 Å². The van der Waals surface area contributed by atoms with Crippen molar-refractivity contribution in [1.82, 2.24) is 15.2 Å². The summed E-state index contributed by atoms with van der Waals surface area (Å²) in [6, 6.07) is 43.9. The van der Waals surface area contributed by atoms with Gasteiger partial charge in [0.2, 0.25) is 11.8 Å². The van der Waals surface area contributed by atoms with Crippen molar-refractivity contribution in [2.75, 3.05) is 0 Å². The topological polar surface area (TPSA) is 51.8 Å². The van der Waals surface area contributed by atoms with E-state index in [9.17, 15) is 0 Å². The smallest absolute Gasteiger partial charge is 0.248 e. The van der Waals surface area contributed by atoms with Gasteiger partial charge in [0.05, 0.1) is 11.0 Å². The molecule has 0 spiro atoms. The van der Waals surface area contributed by atoms with Gasteiger partial charge in [0, 0.05) is 32.8 Å². The van der Waals surface area contributed by atoms with Crippen LogP contribution in [0.2, 0.25) is 0 Å². The summed E-state index contributed by atoms with van der Waals surface area (Å²) < 4.78 is 6.17. The van der Waals surface area contributed by atoms with Crippen molar-refractivity contribution < 1.29 is 4.42 Å². The van der Waals surface area contributed by atoms with Gasteiger partial charge >= 0.3 is 0 Å². The van der Waals surface area contributed by atoms with Crippen LogP contribution < -0.4 is 0 Å². The highest BCUT2D eigenvalue weighted by Crippen LogP contribution is 2.38. The van der Waals surface area contributed by atoms with Crippen LogP contribution in [-0.4, -0.2) is 15.2 Å². The fraction of sp³-hybridized carbons (Fsp3) is 0. The Morgan fingerprint density at radius 2 is 1.08 bits per heavy atom. The molecule has 6 aromatic carbocycles. The van der Waals surface area contributed by atoms with Crippen molar-refractivity contribution in [3.63, 3.8) is 0 Å². The molecule has 8 aromatic rings. The standard InChI is InChI=1S/C35H21N3O/c1-3-11-26-22(8-1)10-7-14-28(26)35-38-37-34(39-35)25-18-16-24(17-19-25)32-29-13-5-6-15-31(29)36-33-27-12-4-2-9-23(27)20-21-30(32)33/h1-21H. The van der Waals surface area contributed by atoms with Gasteiger partial charge in [-0.15, -0.1) is 10.2 Å². The summed E-state index contributed by atoms with van der Waals surface area (Å²) in [7, 11) is 0. The minimum atomic E-state index is 0.500. The van der Waals surface area contributed by atoms with Gasteiger partial charge in [-0.1, -0.05) is 103 Å². The number of benzene rings is 6. The largest absolute Gasteiger partial charge is 0.416 e. The predicted octanol–water partition coefficient (Wildman–Crippen LogP) is 9.08. The Hall–Kier alpha value is -5.35. The van der Waals surface area contributed by atoms with Crippen LogP contribution >= 0.6 is 0 Å². The molecule has 0 fully saturated rings. The summed E-state index contributed by atoms with van der Waals surface area (Å²) in [5.74, 6) is 1.02. The van der Waals surface area contributed by atoms with Crippen molar-refractivity contribution in [1.29, 1.82) is 0 Å². The molecule has 0 aliphatic heterocycles. The van der Waals surface area contributed by atoms with Gasteiger partial charge in [-0.25, -0.2) is 4.98 Å². The van der Waals surface area contributed by atoms with Crippen molar-refractivity contribution in [3.05, 3.63) is 127 Å². The monoisotopic (exact) mass is 499 g/mol. The maximum Gasteiger partial charge on any atom is 0.248 e. The zero-order valence-electron chi connectivity index (χ0n) is 20.9. The zero-order valence-corrected chi connectivity index (χ0v) is 20.9. The highest BCUT2D eigenvalue weighted by molar-refractivity contribution is 6.16. The molecule has 8 rings (SSSR count). The molecule has 0 N–H and O–H groups in total. The van der Waals surface area contributed by atoms with Crippen molar-refractivity contribution in [2.45, 2.75) is 0 Å². The molecule has 0 radical (unpaired) electrons. The summed E-state index contributed by atoms with van der Waals surface area (Å²) in [5.41, 5.74) is 6.11. The molecular formula is C35H21N3O. The second kappa shape index (κ2) is 8.61. The Kier molecular flexibility index (Phi) is 4.79. The zero-order chi connectivity index (χ0) is 25.8. The summed E-state index contributed by atoms with van der Waals surface area (Å²) in [6.45, 7) is 0. The van der Waals surface area contributed by atoms with E-state index in [2.05, 4.69) is 107 Å². The Balaban J connectivity index is 1.25. The lowest BCUT2D eigenvalue weighted by Gasteiger charge is -2.13. The first-order valence-electron chi connectivity index (χ1n) is 13.0. The van der Waals surface area contributed by atoms with Crippen LogP contribution in [0.4, 0.5) is 0 Å². The third kappa shape index (κ3) is 3.50. The normalized spacial score (nSPS) is 11.6. The maximum absolute atomic E-state index is 6.17. The Morgan fingerprint density at radius 1 is 0.436 bits per heavy atom. The number of rotatable bonds is 3. The lowest BCUT2D eigenvalue weighted by Crippen LogP contribution is -1.90. The van der Waals surface area contributed by atoms with E-state index in [0.717, 1.165) is 54.7 Å². The molecule has 0 amide bonds. The number of hydrogen-bond donors (Lipinski definition) is 0. The third-order valence-corrected chi connectivity index (χ3v) is 7.44. The van der Waals surface area contributed by atoms with E-state index in [-0.39, 0.29) is 0 Å². The molecule has 39 heavy (non-hydrogen) atoms. The van der Waals surface area contributed by atoms with Gasteiger partial charge in [0.15, 0.2) is 0 Å². The Labute approximate surface area is 224 Å². The molecule has 0 saturated heterocycles. The van der Waals surface area contributed by atoms with Gasteiger partial charge in [0.25, 0.3) is 0 Å². The van der Waals surface area contributed by atoms with Crippen LogP contribution in [0.1, 0.15) is 0 Å². The van der Waals surface area contributed by atoms with E-state index >= 15 is 0 Å². The first-order chi connectivity index (χ1) is 19.3. The van der Waals surface area contributed by atoms with Crippen LogP contribution in [0.5, 0.6) is 0 Å². The lowest BCUT2D eigenvalue weighted by atomic mass is 9.93. The van der Waals surface area contributed by atoms with E-state index in [1.807, 2.05) is 30.3 Å². The first-order valence-corrected chi connectivity index (χ1v) is 13.0. The maximum atomic E-state index is 6.17. The lowest BCUT2D eigenvalue weighted by molar-refractivity contribution is 0.585. The highest BCUT2D eigenvalue weighted by Gasteiger charge is 2.16. The molecule has 182 valence electrons. The number of nitrogens with zero attached hydrogens (tertiary/aromatic N) is 3. The van der Waals surface area contributed by atoms with Crippen LogP contribution in [0.15, 0.2) is 132 Å². The SMILES string of the molecule is c1ccc2c(-c3nnc(-c4ccc(-c5c6ccccc6nc6c5ccc5ccccc56)cc4)o3)cccc2c1. The Morgan fingerprint density at radius 3 is 1.92 bits per heavy atom. The van der Waals surface area contributed by atoms with Crippen molar-refractivity contribution >= 4 is 43.4 Å². The average Bonchev–Trinajstić information content (AvgIpc) is 3.50. The Bertz CT molecular complexity index is 2170. The van der Waals surface area contributed by atoms with E-state index in [0.29, 0.717) is 11.8 Å². The number of para-hydroxylation sites is 1. The number of hydrogen-bond acceptors (Lipinski definition) is 4. The van der Waals surface area contributed by atoms with Crippen LogP contribution in [0.25, 0.3) is 77.4 Å². The summed E-state index contributed by atoms with van der Waals surface area (Å²) in [4.78, 5) is 5.08. The second-order valence-electron chi connectivity index (χ2n) is 9.70. The molecule has 0 bridgehead atoms. The van der Waals surface area contributed by atoms with Crippen molar-refractivity contribution in [2.24, 2.45) is 0 Å². The molecule has 0 saturated carbocycles. The number of pyridine rings is 1. The van der Waals surface area contributed by atoms with E-state index in [1.54, 1.807) is 0 Å². The summed E-state index contributed by atoms with van der Waals surface area (Å²) in [6.07, 6.45) is 0. The fourth-order valence-corrected chi connectivity index (χ4v) is 5.58. The molecule has 4 nitrogen and oxygen atoms in total. The minimum Gasteiger partial charge on any atom is -0.416 e. The van der Waals surface area contributed by atoms with Gasteiger partial charge in [-0.05, 0) is 46.0 Å². The van der Waals surface area contributed by atoms with Crippen molar-refractivity contribution in [3.8, 4) is 34.0 Å². The summed E-state index contributed by atoms with van der Waals surface area (Å²) >= 11 is 0. The molecule has 2 aromatic heterocycles. The van der Waals surface area contributed by atoms with Gasteiger partial charge in [-0.2, -0.15) is 0 Å². The molecular weight excluding hydrogens is 478 g/mol. The number of aromatic nitrogens is 3. The molecule has 4 heteroatoms. The molecule has 0 atom stereocenters. The quantitative estimate of drug-likeness (QED) is 0.180. The third-order valence-electron chi connectivity index (χ3n) is 7.44. The van der Waals surface area contributed by atoms with E-state index in [4.69, 9.17) is 9.40 Å². The van der Waals surface area contributed by atoms with Gasteiger partial charge < -0.3 is 4.42 Å². The van der Waals surface area contributed by atoms with Gasteiger partial charge in [-0.3, -0.25) is 0 Å². The van der Waals surface area contributed by atoms with Crippen LogP contribution in [0, 0.1) is 0 Å². The van der Waals surface area contributed by atoms with Crippen LogP contribution in [0.3, 0.4) is 0 Å². The van der Waals surface area contributed by atoms with E-state index in [1.165, 1.54) is 10.9 Å². The highest BCUT2D eigenvalue weighted by atomic mass is 16.4.